The highest BCUT2D eigenvalue weighted by Crippen LogP contribution is 2.17. The zero-order chi connectivity index (χ0) is 13.8. The molecule has 0 saturated heterocycles. The fourth-order valence-electron chi connectivity index (χ4n) is 1.25. The minimum absolute atomic E-state index is 0.0243. The summed E-state index contributed by atoms with van der Waals surface area (Å²) >= 11 is 3.23. The van der Waals surface area contributed by atoms with Gasteiger partial charge in [-0.05, 0) is 48.8 Å². The van der Waals surface area contributed by atoms with Crippen molar-refractivity contribution >= 4 is 31.6 Å². The second-order valence-corrected chi connectivity index (χ2v) is 6.76. The highest BCUT2D eigenvalue weighted by atomic mass is 79.9. The zero-order valence-electron chi connectivity index (χ0n) is 10.6. The van der Waals surface area contributed by atoms with Crippen molar-refractivity contribution in [2.45, 2.75) is 26.9 Å². The fraction of sp³-hybridized carbons (Fsp3) is 0.545. The molecule has 7 heteroatoms. The van der Waals surface area contributed by atoms with Crippen molar-refractivity contribution in [3.8, 4) is 0 Å². The Labute approximate surface area is 116 Å². The maximum Gasteiger partial charge on any atom is 0.235 e. The number of rotatable bonds is 6. The first-order chi connectivity index (χ1) is 8.30. The lowest BCUT2D eigenvalue weighted by molar-refractivity contribution is 0.0913. The second kappa shape index (κ2) is 6.49. The summed E-state index contributed by atoms with van der Waals surface area (Å²) in [6.07, 6.45) is 0.0243. The first-order valence-corrected chi connectivity index (χ1v) is 8.00. The van der Waals surface area contributed by atoms with Crippen LogP contribution in [0, 0.1) is 6.92 Å². The van der Waals surface area contributed by atoms with Crippen LogP contribution in [0.4, 0.5) is 5.69 Å². The summed E-state index contributed by atoms with van der Waals surface area (Å²) in [4.78, 5) is 4.12. The third-order valence-corrected chi connectivity index (χ3v) is 3.80. The monoisotopic (exact) mass is 336 g/mol. The lowest BCUT2D eigenvalue weighted by atomic mass is 10.3. The van der Waals surface area contributed by atoms with Crippen LogP contribution in [0.2, 0.25) is 0 Å². The van der Waals surface area contributed by atoms with Crippen molar-refractivity contribution in [2.24, 2.45) is 0 Å². The second-order valence-electron chi connectivity index (χ2n) is 4.11. The van der Waals surface area contributed by atoms with Crippen molar-refractivity contribution in [3.05, 3.63) is 22.4 Å². The number of nitrogens with zero attached hydrogens (tertiary/aromatic N) is 1. The molecule has 1 rings (SSSR count). The summed E-state index contributed by atoms with van der Waals surface area (Å²) in [6.45, 7) is 5.65. The molecule has 0 aliphatic heterocycles. The molecule has 0 radical (unpaired) electrons. The lowest BCUT2D eigenvalue weighted by Gasteiger charge is -2.11. The summed E-state index contributed by atoms with van der Waals surface area (Å²) in [6, 6.07) is 3.36. The van der Waals surface area contributed by atoms with Crippen molar-refractivity contribution in [3.63, 3.8) is 0 Å². The standard InChI is InChI=1S/C11H17BrN2O3S/c1-8(2)17-6-7-18(15,16)14-10-4-5-11(12)13-9(10)3/h4-5,8,14H,6-7H2,1-3H3. The van der Waals surface area contributed by atoms with Crippen LogP contribution >= 0.6 is 15.9 Å². The molecular weight excluding hydrogens is 320 g/mol. The van der Waals surface area contributed by atoms with Crippen LogP contribution in [0.5, 0.6) is 0 Å². The van der Waals surface area contributed by atoms with Crippen LogP contribution in [-0.2, 0) is 14.8 Å². The maximum absolute atomic E-state index is 11.8. The van der Waals surface area contributed by atoms with Gasteiger partial charge in [0.1, 0.15) is 4.60 Å². The first-order valence-electron chi connectivity index (χ1n) is 5.55. The highest BCUT2D eigenvalue weighted by molar-refractivity contribution is 9.10. The number of ether oxygens (including phenoxy) is 1. The molecule has 1 heterocycles. The number of halogens is 1. The van der Waals surface area contributed by atoms with Crippen LogP contribution in [0.3, 0.4) is 0 Å². The Bertz CT molecular complexity index is 503. The summed E-state index contributed by atoms with van der Waals surface area (Å²) in [5.74, 6) is -0.0688. The Morgan fingerprint density at radius 2 is 2.11 bits per heavy atom. The molecule has 0 unspecified atom stereocenters. The van der Waals surface area contributed by atoms with E-state index in [2.05, 4.69) is 25.6 Å². The van der Waals surface area contributed by atoms with Gasteiger partial charge in [0, 0.05) is 0 Å². The van der Waals surface area contributed by atoms with Gasteiger partial charge in [-0.25, -0.2) is 13.4 Å². The van der Waals surface area contributed by atoms with Crippen LogP contribution in [0.15, 0.2) is 16.7 Å². The van der Waals surface area contributed by atoms with Crippen LogP contribution in [0.1, 0.15) is 19.5 Å². The first kappa shape index (κ1) is 15.4. The van der Waals surface area contributed by atoms with Crippen molar-refractivity contribution in [1.82, 2.24) is 4.98 Å². The van der Waals surface area contributed by atoms with Gasteiger partial charge in [-0.1, -0.05) is 0 Å². The van der Waals surface area contributed by atoms with Gasteiger partial charge < -0.3 is 4.74 Å². The van der Waals surface area contributed by atoms with Crippen molar-refractivity contribution in [1.29, 1.82) is 0 Å². The van der Waals surface area contributed by atoms with Crippen molar-refractivity contribution in [2.75, 3.05) is 17.1 Å². The molecule has 1 aromatic heterocycles. The van der Waals surface area contributed by atoms with Gasteiger partial charge in [0.15, 0.2) is 0 Å². The lowest BCUT2D eigenvalue weighted by Crippen LogP contribution is -2.22. The Balaban J connectivity index is 2.65. The van der Waals surface area contributed by atoms with Crippen molar-refractivity contribution < 1.29 is 13.2 Å². The van der Waals surface area contributed by atoms with Gasteiger partial charge in [0.05, 0.1) is 29.8 Å². The smallest absolute Gasteiger partial charge is 0.235 e. The predicted octanol–water partition coefficient (Wildman–Crippen LogP) is 2.32. The topological polar surface area (TPSA) is 68.3 Å². The molecule has 0 aromatic carbocycles. The summed E-state index contributed by atoms with van der Waals surface area (Å²) in [5.41, 5.74) is 1.11. The molecule has 0 aliphatic carbocycles. The van der Waals surface area contributed by atoms with E-state index in [4.69, 9.17) is 4.74 Å². The normalized spacial score (nSPS) is 11.8. The van der Waals surface area contributed by atoms with E-state index in [-0.39, 0.29) is 18.5 Å². The number of anilines is 1. The largest absolute Gasteiger partial charge is 0.378 e. The van der Waals surface area contributed by atoms with E-state index in [0.29, 0.717) is 16.0 Å². The quantitative estimate of drug-likeness (QED) is 0.809. The Morgan fingerprint density at radius 1 is 1.44 bits per heavy atom. The maximum atomic E-state index is 11.8. The molecule has 18 heavy (non-hydrogen) atoms. The van der Waals surface area contributed by atoms with E-state index in [1.807, 2.05) is 13.8 Å². The Hall–Kier alpha value is -0.660. The fourth-order valence-corrected chi connectivity index (χ4v) is 2.62. The molecule has 0 fully saturated rings. The number of aromatic nitrogens is 1. The minimum atomic E-state index is -3.40. The SMILES string of the molecule is Cc1nc(Br)ccc1NS(=O)(=O)CCOC(C)C. The van der Waals surface area contributed by atoms with Gasteiger partial charge >= 0.3 is 0 Å². The average molecular weight is 337 g/mol. The molecule has 5 nitrogen and oxygen atoms in total. The molecule has 0 amide bonds. The van der Waals surface area contributed by atoms with Gasteiger partial charge in [-0.2, -0.15) is 0 Å². The number of sulfonamides is 1. The van der Waals surface area contributed by atoms with E-state index in [1.165, 1.54) is 0 Å². The molecule has 1 aromatic rings. The molecule has 0 atom stereocenters. The predicted molar refractivity (Wildman–Crippen MR) is 75.2 cm³/mol. The van der Waals surface area contributed by atoms with Crippen LogP contribution in [-0.4, -0.2) is 31.9 Å². The Kier molecular flexibility index (Phi) is 5.55. The number of pyridine rings is 1. The van der Waals surface area contributed by atoms with Crippen LogP contribution < -0.4 is 4.72 Å². The number of hydrogen-bond donors (Lipinski definition) is 1. The van der Waals surface area contributed by atoms with Crippen LogP contribution in [0.25, 0.3) is 0 Å². The Morgan fingerprint density at radius 3 is 2.67 bits per heavy atom. The zero-order valence-corrected chi connectivity index (χ0v) is 13.0. The molecule has 0 saturated carbocycles. The highest BCUT2D eigenvalue weighted by Gasteiger charge is 2.12. The van der Waals surface area contributed by atoms with E-state index >= 15 is 0 Å². The van der Waals surface area contributed by atoms with E-state index in [0.717, 1.165) is 0 Å². The minimum Gasteiger partial charge on any atom is -0.378 e. The molecule has 1 N–H and O–H groups in total. The molecule has 0 aliphatic rings. The number of hydrogen-bond acceptors (Lipinski definition) is 4. The average Bonchev–Trinajstić information content (AvgIpc) is 2.21. The van der Waals surface area contributed by atoms with E-state index in [1.54, 1.807) is 19.1 Å². The van der Waals surface area contributed by atoms with Gasteiger partial charge in [-0.3, -0.25) is 4.72 Å². The van der Waals surface area contributed by atoms with E-state index < -0.39 is 10.0 Å². The van der Waals surface area contributed by atoms with Gasteiger partial charge in [0.25, 0.3) is 0 Å². The third kappa shape index (κ3) is 5.32. The molecule has 102 valence electrons. The van der Waals surface area contributed by atoms with Gasteiger partial charge in [-0.15, -0.1) is 0 Å². The third-order valence-electron chi connectivity index (χ3n) is 2.12. The molecule has 0 bridgehead atoms. The summed E-state index contributed by atoms with van der Waals surface area (Å²) < 4.78 is 32.0. The van der Waals surface area contributed by atoms with E-state index in [9.17, 15) is 8.42 Å². The molecule has 0 spiro atoms. The molecular formula is C11H17BrN2O3S. The number of aryl methyl sites for hydroxylation is 1. The summed E-state index contributed by atoms with van der Waals surface area (Å²) in [5, 5.41) is 0. The summed E-state index contributed by atoms with van der Waals surface area (Å²) in [7, 11) is -3.40. The number of nitrogens with one attached hydrogen (secondary N) is 1. The van der Waals surface area contributed by atoms with Gasteiger partial charge in [0.2, 0.25) is 10.0 Å².